The van der Waals surface area contributed by atoms with E-state index in [1.165, 1.54) is 12.1 Å². The monoisotopic (exact) mass is 364 g/mol. The number of rotatable bonds is 1. The molecule has 1 aliphatic rings. The number of anilines is 4. The van der Waals surface area contributed by atoms with Gasteiger partial charge in [-0.15, -0.1) is 0 Å². The van der Waals surface area contributed by atoms with Gasteiger partial charge in [-0.1, -0.05) is 12.1 Å². The van der Waals surface area contributed by atoms with Gasteiger partial charge in [0.05, 0.1) is 49.7 Å². The Balaban J connectivity index is 1.66. The van der Waals surface area contributed by atoms with Crippen molar-refractivity contribution >= 4 is 54.9 Å². The lowest BCUT2D eigenvalue weighted by molar-refractivity contribution is 0.483. The molecule has 0 unspecified atom stereocenters. The third kappa shape index (κ3) is 2.35. The molecule has 0 spiro atoms. The Morgan fingerprint density at radius 2 is 1.23 bits per heavy atom. The maximum absolute atomic E-state index is 11.4. The van der Waals surface area contributed by atoms with E-state index < -0.39 is 10.1 Å². The number of aromatic nitrogens is 2. The normalized spacial score (nSPS) is 13.0. The Morgan fingerprint density at radius 1 is 0.692 bits per heavy atom. The van der Waals surface area contributed by atoms with E-state index in [0.29, 0.717) is 11.4 Å². The lowest BCUT2D eigenvalue weighted by Crippen LogP contribution is -2.08. The van der Waals surface area contributed by atoms with Crippen molar-refractivity contribution in [2.24, 2.45) is 0 Å². The average molecular weight is 364 g/mol. The van der Waals surface area contributed by atoms with Gasteiger partial charge in [-0.05, 0) is 42.5 Å². The summed E-state index contributed by atoms with van der Waals surface area (Å²) in [5.41, 5.74) is 5.94. The molecule has 1 aliphatic heterocycles. The molecule has 0 fully saturated rings. The maximum Gasteiger partial charge on any atom is 0.294 e. The fourth-order valence-electron chi connectivity index (χ4n) is 3.06. The largest absolute Gasteiger partial charge is 0.352 e. The summed E-state index contributed by atoms with van der Waals surface area (Å²) in [6.07, 6.45) is 0. The number of hydrogen-bond acceptors (Lipinski definition) is 6. The number of nitrogens with zero attached hydrogens (tertiary/aromatic N) is 2. The van der Waals surface area contributed by atoms with Gasteiger partial charge in [-0.25, -0.2) is 9.97 Å². The molecule has 0 radical (unpaired) electrons. The lowest BCUT2D eigenvalue weighted by atomic mass is 10.1. The van der Waals surface area contributed by atoms with Gasteiger partial charge < -0.3 is 10.6 Å². The fraction of sp³-hybridized carbons (Fsp3) is 0. The second-order valence-electron chi connectivity index (χ2n) is 6.03. The van der Waals surface area contributed by atoms with Crippen molar-refractivity contribution in [2.75, 3.05) is 10.6 Å². The predicted molar refractivity (Wildman–Crippen MR) is 99.9 cm³/mol. The molecule has 2 heterocycles. The summed E-state index contributed by atoms with van der Waals surface area (Å²) in [5.74, 6) is 0. The van der Waals surface area contributed by atoms with Crippen molar-refractivity contribution in [2.45, 2.75) is 4.90 Å². The highest BCUT2D eigenvalue weighted by molar-refractivity contribution is 7.85. The first kappa shape index (κ1) is 15.1. The zero-order valence-corrected chi connectivity index (χ0v) is 14.1. The van der Waals surface area contributed by atoms with Crippen LogP contribution in [0.25, 0.3) is 22.1 Å². The van der Waals surface area contributed by atoms with Gasteiger partial charge in [0.1, 0.15) is 0 Å². The smallest absolute Gasteiger partial charge is 0.294 e. The van der Waals surface area contributed by atoms with E-state index in [1.807, 2.05) is 36.4 Å². The zero-order chi connectivity index (χ0) is 17.9. The van der Waals surface area contributed by atoms with Crippen LogP contribution in [-0.4, -0.2) is 22.9 Å². The van der Waals surface area contributed by atoms with E-state index in [1.54, 1.807) is 6.07 Å². The fourth-order valence-corrected chi connectivity index (χ4v) is 3.57. The van der Waals surface area contributed by atoms with Crippen molar-refractivity contribution in [3.63, 3.8) is 0 Å². The van der Waals surface area contributed by atoms with Gasteiger partial charge in [-0.3, -0.25) is 4.55 Å². The van der Waals surface area contributed by atoms with Crippen LogP contribution in [0.5, 0.6) is 0 Å². The van der Waals surface area contributed by atoms with E-state index in [4.69, 9.17) is 0 Å². The summed E-state index contributed by atoms with van der Waals surface area (Å²) in [7, 11) is -4.26. The number of hydrogen-bond donors (Lipinski definition) is 3. The molecule has 128 valence electrons. The van der Waals surface area contributed by atoms with E-state index in [0.717, 1.165) is 33.4 Å². The third-order valence-corrected chi connectivity index (χ3v) is 5.16. The summed E-state index contributed by atoms with van der Waals surface area (Å²) >= 11 is 0. The van der Waals surface area contributed by atoms with Gasteiger partial charge in [0, 0.05) is 0 Å². The SMILES string of the molecule is O=S(=O)(O)c1ccc2c(c1)Nc1cc3nc4ccccc4nc3cc1N2. The highest BCUT2D eigenvalue weighted by atomic mass is 32.2. The highest BCUT2D eigenvalue weighted by Gasteiger charge is 2.19. The summed E-state index contributed by atoms with van der Waals surface area (Å²) in [6, 6.07) is 15.7. The minimum atomic E-state index is -4.26. The molecule has 0 amide bonds. The van der Waals surface area contributed by atoms with Gasteiger partial charge in [0.15, 0.2) is 0 Å². The van der Waals surface area contributed by atoms with Crippen LogP contribution in [0.15, 0.2) is 59.5 Å². The van der Waals surface area contributed by atoms with E-state index in [2.05, 4.69) is 20.6 Å². The summed E-state index contributed by atoms with van der Waals surface area (Å²) in [6.45, 7) is 0. The summed E-state index contributed by atoms with van der Waals surface area (Å²) < 4.78 is 31.9. The van der Waals surface area contributed by atoms with Crippen molar-refractivity contribution < 1.29 is 13.0 Å². The number of benzene rings is 3. The molecule has 4 aromatic rings. The van der Waals surface area contributed by atoms with Crippen LogP contribution < -0.4 is 10.6 Å². The minimum Gasteiger partial charge on any atom is -0.352 e. The molecule has 0 saturated heterocycles. The van der Waals surface area contributed by atoms with Crippen LogP contribution in [0, 0.1) is 0 Å². The van der Waals surface area contributed by atoms with E-state index in [9.17, 15) is 13.0 Å². The van der Waals surface area contributed by atoms with Crippen LogP contribution in [0.1, 0.15) is 0 Å². The molecule has 0 bridgehead atoms. The minimum absolute atomic E-state index is 0.166. The Hall–Kier alpha value is -3.23. The van der Waals surface area contributed by atoms with Gasteiger partial charge >= 0.3 is 0 Å². The predicted octanol–water partition coefficient (Wildman–Crippen LogP) is 3.83. The first-order valence-electron chi connectivity index (χ1n) is 7.83. The van der Waals surface area contributed by atoms with Gasteiger partial charge in [-0.2, -0.15) is 8.42 Å². The van der Waals surface area contributed by atoms with Crippen molar-refractivity contribution in [1.82, 2.24) is 9.97 Å². The van der Waals surface area contributed by atoms with E-state index >= 15 is 0 Å². The Morgan fingerprint density at radius 3 is 1.81 bits per heavy atom. The van der Waals surface area contributed by atoms with Crippen molar-refractivity contribution in [3.05, 3.63) is 54.6 Å². The Kier molecular flexibility index (Phi) is 2.97. The molecule has 5 rings (SSSR count). The molecule has 0 aliphatic carbocycles. The molecule has 1 aromatic heterocycles. The van der Waals surface area contributed by atoms with Gasteiger partial charge in [0.2, 0.25) is 0 Å². The van der Waals surface area contributed by atoms with Crippen LogP contribution >= 0.6 is 0 Å². The molecule has 3 N–H and O–H groups in total. The second kappa shape index (κ2) is 5.13. The van der Waals surface area contributed by atoms with Crippen LogP contribution in [0.2, 0.25) is 0 Å². The first-order chi connectivity index (χ1) is 12.5. The van der Waals surface area contributed by atoms with Crippen LogP contribution in [0.4, 0.5) is 22.7 Å². The quantitative estimate of drug-likeness (QED) is 0.307. The second-order valence-corrected chi connectivity index (χ2v) is 7.45. The lowest BCUT2D eigenvalue weighted by Gasteiger charge is -2.23. The topological polar surface area (TPSA) is 104 Å². The average Bonchev–Trinajstić information content (AvgIpc) is 2.61. The van der Waals surface area contributed by atoms with Crippen LogP contribution in [-0.2, 0) is 10.1 Å². The number of fused-ring (bicyclic) bond motifs is 4. The highest BCUT2D eigenvalue weighted by Crippen LogP contribution is 2.41. The molecular formula is C18H12N4O3S. The number of nitrogens with one attached hydrogen (secondary N) is 2. The number of para-hydroxylation sites is 2. The molecule has 7 nitrogen and oxygen atoms in total. The first-order valence-corrected chi connectivity index (χ1v) is 9.27. The standard InChI is InChI=1S/C18H12N4O3S/c23-26(24,25)10-5-6-13-14(7-10)22-18-9-16-15(8-17(18)21-13)19-11-3-1-2-4-12(11)20-16/h1-9,21-22H,(H,23,24,25). The van der Waals surface area contributed by atoms with Gasteiger partial charge in [0.25, 0.3) is 10.1 Å². The summed E-state index contributed by atoms with van der Waals surface area (Å²) in [4.78, 5) is 9.11. The zero-order valence-electron chi connectivity index (χ0n) is 13.3. The molecule has 26 heavy (non-hydrogen) atoms. The van der Waals surface area contributed by atoms with Crippen molar-refractivity contribution in [1.29, 1.82) is 0 Å². The Bertz CT molecular complexity index is 1320. The molecule has 0 saturated carbocycles. The van der Waals surface area contributed by atoms with E-state index in [-0.39, 0.29) is 4.90 Å². The third-order valence-electron chi connectivity index (χ3n) is 4.31. The summed E-state index contributed by atoms with van der Waals surface area (Å²) in [5, 5.41) is 6.44. The molecular weight excluding hydrogens is 352 g/mol. The Labute approximate surface area is 148 Å². The molecule has 8 heteroatoms. The molecule has 3 aromatic carbocycles. The molecule has 0 atom stereocenters. The maximum atomic E-state index is 11.4. The van der Waals surface area contributed by atoms with Crippen molar-refractivity contribution in [3.8, 4) is 0 Å². The van der Waals surface area contributed by atoms with Crippen LogP contribution in [0.3, 0.4) is 0 Å².